The molecule has 1 atom stereocenters. The molecule has 1 rings (SSSR count). The third-order valence-corrected chi connectivity index (χ3v) is 2.69. The number of hydrogen-bond donors (Lipinski definition) is 2. The molecule has 1 heterocycles. The summed E-state index contributed by atoms with van der Waals surface area (Å²) in [7, 11) is 1.21. The van der Waals surface area contributed by atoms with Crippen LogP contribution in [0.4, 0.5) is 0 Å². The minimum Gasteiger partial charge on any atom is -0.480 e. The van der Waals surface area contributed by atoms with Crippen molar-refractivity contribution in [3.05, 3.63) is 22.6 Å². The zero-order valence-corrected chi connectivity index (χ0v) is 11.6. The number of hydrogen-bond acceptors (Lipinski definition) is 5. The van der Waals surface area contributed by atoms with Gasteiger partial charge in [-0.3, -0.25) is 9.59 Å². The lowest BCUT2D eigenvalue weighted by molar-refractivity contribution is -0.142. The first-order chi connectivity index (χ1) is 8.93. The SMILES string of the molecule is COC(=O)CCC(NC(=O)c1ccc(Br)o1)C(=O)O. The molecule has 1 unspecified atom stereocenters. The third kappa shape index (κ3) is 4.74. The summed E-state index contributed by atoms with van der Waals surface area (Å²) >= 11 is 3.03. The Balaban J connectivity index is 2.61. The maximum Gasteiger partial charge on any atom is 0.326 e. The molecule has 0 aliphatic rings. The fraction of sp³-hybridized carbons (Fsp3) is 0.364. The number of furan rings is 1. The molecule has 0 fully saturated rings. The van der Waals surface area contributed by atoms with Crippen molar-refractivity contribution in [2.45, 2.75) is 18.9 Å². The van der Waals surface area contributed by atoms with Crippen molar-refractivity contribution >= 4 is 33.8 Å². The van der Waals surface area contributed by atoms with Crippen molar-refractivity contribution < 1.29 is 28.6 Å². The topological polar surface area (TPSA) is 106 Å². The van der Waals surface area contributed by atoms with Crippen LogP contribution in [-0.2, 0) is 14.3 Å². The molecule has 0 bridgehead atoms. The standard InChI is InChI=1S/C11H12BrNO6/c1-18-9(14)5-2-6(11(16)17)13-10(15)7-3-4-8(12)19-7/h3-4,6H,2,5H2,1H3,(H,13,15)(H,16,17). The number of methoxy groups -OCH3 is 1. The fourth-order valence-corrected chi connectivity index (χ4v) is 1.59. The van der Waals surface area contributed by atoms with Crippen LogP contribution in [0.3, 0.4) is 0 Å². The van der Waals surface area contributed by atoms with Crippen LogP contribution in [-0.4, -0.2) is 36.1 Å². The van der Waals surface area contributed by atoms with Crippen LogP contribution in [0.15, 0.2) is 21.2 Å². The van der Waals surface area contributed by atoms with E-state index in [0.29, 0.717) is 4.67 Å². The summed E-state index contributed by atoms with van der Waals surface area (Å²) in [5.41, 5.74) is 0. The average molecular weight is 334 g/mol. The van der Waals surface area contributed by atoms with Crippen LogP contribution in [0.25, 0.3) is 0 Å². The normalized spacial score (nSPS) is 11.7. The predicted octanol–water partition coefficient (Wildman–Crippen LogP) is 1.18. The quantitative estimate of drug-likeness (QED) is 0.757. The van der Waals surface area contributed by atoms with E-state index in [1.54, 1.807) is 0 Å². The number of nitrogens with one attached hydrogen (secondary N) is 1. The van der Waals surface area contributed by atoms with E-state index in [4.69, 9.17) is 9.52 Å². The van der Waals surface area contributed by atoms with E-state index >= 15 is 0 Å². The number of esters is 1. The van der Waals surface area contributed by atoms with Gasteiger partial charge in [-0.05, 0) is 34.5 Å². The molecule has 0 aliphatic carbocycles. The highest BCUT2D eigenvalue weighted by Gasteiger charge is 2.23. The van der Waals surface area contributed by atoms with Gasteiger partial charge in [0, 0.05) is 6.42 Å². The van der Waals surface area contributed by atoms with Crippen LogP contribution in [0, 0.1) is 0 Å². The zero-order valence-electron chi connectivity index (χ0n) is 10.0. The molecular weight excluding hydrogens is 322 g/mol. The van der Waals surface area contributed by atoms with Gasteiger partial charge < -0.3 is 19.6 Å². The monoisotopic (exact) mass is 333 g/mol. The molecular formula is C11H12BrNO6. The minimum atomic E-state index is -1.23. The van der Waals surface area contributed by atoms with Gasteiger partial charge in [-0.2, -0.15) is 0 Å². The van der Waals surface area contributed by atoms with Gasteiger partial charge in [-0.25, -0.2) is 4.79 Å². The molecule has 0 aromatic carbocycles. The number of aliphatic carboxylic acids is 1. The van der Waals surface area contributed by atoms with E-state index in [1.165, 1.54) is 19.2 Å². The number of halogens is 1. The van der Waals surface area contributed by atoms with Crippen molar-refractivity contribution in [2.24, 2.45) is 0 Å². The highest BCUT2D eigenvalue weighted by Crippen LogP contribution is 2.14. The third-order valence-electron chi connectivity index (χ3n) is 2.27. The molecule has 0 spiro atoms. The van der Waals surface area contributed by atoms with Crippen molar-refractivity contribution in [3.8, 4) is 0 Å². The lowest BCUT2D eigenvalue weighted by Crippen LogP contribution is -2.41. The Morgan fingerprint density at radius 1 is 1.47 bits per heavy atom. The number of ether oxygens (including phenoxy) is 1. The zero-order chi connectivity index (χ0) is 14.4. The molecule has 8 heteroatoms. The molecule has 7 nitrogen and oxygen atoms in total. The molecule has 0 saturated heterocycles. The number of carbonyl (C=O) groups is 3. The second-order valence-electron chi connectivity index (χ2n) is 3.58. The maximum absolute atomic E-state index is 11.7. The van der Waals surface area contributed by atoms with E-state index in [-0.39, 0.29) is 18.6 Å². The van der Waals surface area contributed by atoms with Crippen molar-refractivity contribution in [1.82, 2.24) is 5.32 Å². The van der Waals surface area contributed by atoms with E-state index < -0.39 is 23.9 Å². The van der Waals surface area contributed by atoms with Crippen molar-refractivity contribution in [3.63, 3.8) is 0 Å². The van der Waals surface area contributed by atoms with Gasteiger partial charge in [0.05, 0.1) is 7.11 Å². The Bertz CT molecular complexity index is 483. The minimum absolute atomic E-state index is 0.0174. The summed E-state index contributed by atoms with van der Waals surface area (Å²) in [4.78, 5) is 33.6. The van der Waals surface area contributed by atoms with Crippen LogP contribution < -0.4 is 5.32 Å². The molecule has 104 valence electrons. The Labute approximate surface area is 117 Å². The first-order valence-electron chi connectivity index (χ1n) is 5.30. The second kappa shape index (κ2) is 6.93. The van der Waals surface area contributed by atoms with Gasteiger partial charge in [0.25, 0.3) is 5.91 Å². The molecule has 1 amide bonds. The molecule has 2 N–H and O–H groups in total. The van der Waals surface area contributed by atoms with Crippen LogP contribution in [0.2, 0.25) is 0 Å². The molecule has 0 aliphatic heterocycles. The number of carboxylic acid groups (broad SMARTS) is 1. The number of carboxylic acids is 1. The molecule has 19 heavy (non-hydrogen) atoms. The highest BCUT2D eigenvalue weighted by molar-refractivity contribution is 9.10. The highest BCUT2D eigenvalue weighted by atomic mass is 79.9. The number of rotatable bonds is 6. The van der Waals surface area contributed by atoms with E-state index in [9.17, 15) is 14.4 Å². The lowest BCUT2D eigenvalue weighted by Gasteiger charge is -2.12. The van der Waals surface area contributed by atoms with Crippen LogP contribution in [0.5, 0.6) is 0 Å². The smallest absolute Gasteiger partial charge is 0.326 e. The fourth-order valence-electron chi connectivity index (χ4n) is 1.29. The second-order valence-corrected chi connectivity index (χ2v) is 4.36. The number of amides is 1. The average Bonchev–Trinajstić information content (AvgIpc) is 2.80. The summed E-state index contributed by atoms with van der Waals surface area (Å²) < 4.78 is 9.76. The summed E-state index contributed by atoms with van der Waals surface area (Å²) in [6, 6.07) is 1.73. The van der Waals surface area contributed by atoms with E-state index in [1.807, 2.05) is 0 Å². The summed E-state index contributed by atoms with van der Waals surface area (Å²) in [5, 5.41) is 11.2. The van der Waals surface area contributed by atoms with Gasteiger partial charge in [0.15, 0.2) is 10.4 Å². The molecule has 0 saturated carbocycles. The van der Waals surface area contributed by atoms with E-state index in [2.05, 4.69) is 26.0 Å². The Morgan fingerprint density at radius 2 is 2.16 bits per heavy atom. The summed E-state index contributed by atoms with van der Waals surface area (Å²) in [6.45, 7) is 0. The Kier molecular flexibility index (Phi) is 5.56. The van der Waals surface area contributed by atoms with Gasteiger partial charge in [0.1, 0.15) is 6.04 Å². The molecule has 0 radical (unpaired) electrons. The first kappa shape index (κ1) is 15.2. The Morgan fingerprint density at radius 3 is 2.63 bits per heavy atom. The van der Waals surface area contributed by atoms with Gasteiger partial charge in [-0.1, -0.05) is 0 Å². The predicted molar refractivity (Wildman–Crippen MR) is 66.5 cm³/mol. The van der Waals surface area contributed by atoms with Crippen molar-refractivity contribution in [1.29, 1.82) is 0 Å². The molecule has 1 aromatic heterocycles. The van der Waals surface area contributed by atoms with Gasteiger partial charge in [-0.15, -0.1) is 0 Å². The molecule has 1 aromatic rings. The maximum atomic E-state index is 11.7. The largest absolute Gasteiger partial charge is 0.480 e. The summed E-state index contributed by atoms with van der Waals surface area (Å²) in [6.07, 6.45) is -0.161. The Hall–Kier alpha value is -1.83. The van der Waals surface area contributed by atoms with Crippen molar-refractivity contribution in [2.75, 3.05) is 7.11 Å². The lowest BCUT2D eigenvalue weighted by atomic mass is 10.1. The van der Waals surface area contributed by atoms with E-state index in [0.717, 1.165) is 0 Å². The van der Waals surface area contributed by atoms with Gasteiger partial charge >= 0.3 is 11.9 Å². The first-order valence-corrected chi connectivity index (χ1v) is 6.09. The van der Waals surface area contributed by atoms with Gasteiger partial charge in [0.2, 0.25) is 0 Å². The number of carbonyl (C=O) groups excluding carboxylic acids is 2. The van der Waals surface area contributed by atoms with Crippen LogP contribution in [0.1, 0.15) is 23.4 Å². The summed E-state index contributed by atoms with van der Waals surface area (Å²) in [5.74, 6) is -2.46. The van der Waals surface area contributed by atoms with Crippen LogP contribution >= 0.6 is 15.9 Å².